The predicted molar refractivity (Wildman–Crippen MR) is 107 cm³/mol. The van der Waals surface area contributed by atoms with E-state index in [0.29, 0.717) is 0 Å². The number of benzene rings is 1. The van der Waals surface area contributed by atoms with Crippen LogP contribution in [0.2, 0.25) is 0 Å². The molecule has 0 spiro atoms. The Morgan fingerprint density at radius 3 is 2.90 bits per heavy atom. The summed E-state index contributed by atoms with van der Waals surface area (Å²) in [6.45, 7) is -0.0658. The molecule has 7 nitrogen and oxygen atoms in total. The Labute approximate surface area is 169 Å². The van der Waals surface area contributed by atoms with E-state index in [1.165, 1.54) is 21.6 Å². The Hall–Kier alpha value is -2.61. The number of hydrogen-bond acceptors (Lipinski definition) is 6. The minimum Gasteiger partial charge on any atom is -0.448 e. The number of cyclic esters (lactones) is 1. The highest BCUT2D eigenvalue weighted by atomic mass is 32.2. The Bertz CT molecular complexity index is 1010. The maximum absolute atomic E-state index is 12.6. The third-order valence-electron chi connectivity index (χ3n) is 5.61. The van der Waals surface area contributed by atoms with Crippen molar-refractivity contribution in [2.75, 3.05) is 25.3 Å². The van der Waals surface area contributed by atoms with Crippen molar-refractivity contribution in [3.8, 4) is 0 Å². The second-order valence-corrected chi connectivity index (χ2v) is 9.85. The van der Waals surface area contributed by atoms with E-state index in [9.17, 15) is 18.0 Å². The third-order valence-corrected chi connectivity index (χ3v) is 6.59. The average molecular weight is 417 g/mol. The van der Waals surface area contributed by atoms with Crippen molar-refractivity contribution in [1.29, 1.82) is 0 Å². The lowest BCUT2D eigenvalue weighted by atomic mass is 9.93. The molecule has 1 aromatic rings. The summed E-state index contributed by atoms with van der Waals surface area (Å²) in [6, 6.07) is 7.20. The zero-order valence-electron chi connectivity index (χ0n) is 16.2. The Morgan fingerprint density at radius 1 is 1.31 bits per heavy atom. The van der Waals surface area contributed by atoms with Crippen molar-refractivity contribution in [1.82, 2.24) is 4.90 Å². The zero-order chi connectivity index (χ0) is 20.6. The summed E-state index contributed by atoms with van der Waals surface area (Å²) in [6.07, 6.45) is 6.63. The van der Waals surface area contributed by atoms with E-state index in [0.717, 1.165) is 24.7 Å². The second-order valence-electron chi connectivity index (χ2n) is 7.59. The summed E-state index contributed by atoms with van der Waals surface area (Å²) in [5.41, 5.74) is 4.82. The van der Waals surface area contributed by atoms with E-state index >= 15 is 0 Å². The van der Waals surface area contributed by atoms with Gasteiger partial charge in [0.15, 0.2) is 6.73 Å². The van der Waals surface area contributed by atoms with Gasteiger partial charge >= 0.3 is 12.1 Å². The molecule has 1 heterocycles. The van der Waals surface area contributed by atoms with E-state index in [-0.39, 0.29) is 31.4 Å². The number of ether oxygens (including phenoxy) is 2. The molecule has 8 heteroatoms. The molecular formula is C21H23NO6S. The highest BCUT2D eigenvalue weighted by Crippen LogP contribution is 2.46. The SMILES string of the molecule is CS(=O)(=O)CC[C@H]1C(=O)OCN1C(=O)OCC1C2=C(CCC=C2)c2ccccc21. The second kappa shape index (κ2) is 7.67. The van der Waals surface area contributed by atoms with E-state index in [1.807, 2.05) is 12.1 Å². The van der Waals surface area contributed by atoms with Crippen LogP contribution in [0.4, 0.5) is 4.79 Å². The lowest BCUT2D eigenvalue weighted by molar-refractivity contribution is -0.139. The summed E-state index contributed by atoms with van der Waals surface area (Å²) in [4.78, 5) is 25.7. The minimum atomic E-state index is -3.26. The van der Waals surface area contributed by atoms with Crippen LogP contribution in [0.5, 0.6) is 0 Å². The summed E-state index contributed by atoms with van der Waals surface area (Å²) in [5, 5.41) is 0. The van der Waals surface area contributed by atoms with Gasteiger partial charge in [0.2, 0.25) is 0 Å². The molecule has 1 aromatic carbocycles. The largest absolute Gasteiger partial charge is 0.448 e. The molecule has 3 aliphatic rings. The molecule has 29 heavy (non-hydrogen) atoms. The molecule has 1 aliphatic heterocycles. The first-order valence-electron chi connectivity index (χ1n) is 9.62. The molecule has 2 aliphatic carbocycles. The fourth-order valence-corrected chi connectivity index (χ4v) is 4.84. The molecule has 2 atom stereocenters. The highest BCUT2D eigenvalue weighted by Gasteiger charge is 2.40. The number of allylic oxidation sites excluding steroid dienone is 3. The number of sulfone groups is 1. The molecule has 1 fully saturated rings. The first kappa shape index (κ1) is 19.7. The van der Waals surface area contributed by atoms with Gasteiger partial charge in [-0.3, -0.25) is 4.90 Å². The normalized spacial score (nSPS) is 23.1. The maximum atomic E-state index is 12.6. The first-order chi connectivity index (χ1) is 13.8. The van der Waals surface area contributed by atoms with Gasteiger partial charge in [0.05, 0.1) is 5.75 Å². The van der Waals surface area contributed by atoms with Crippen LogP contribution in [0.1, 0.15) is 36.3 Å². The van der Waals surface area contributed by atoms with Crippen LogP contribution in [0.15, 0.2) is 42.0 Å². The lowest BCUT2D eigenvalue weighted by Crippen LogP contribution is -2.40. The van der Waals surface area contributed by atoms with Crippen molar-refractivity contribution >= 4 is 27.5 Å². The number of amides is 1. The van der Waals surface area contributed by atoms with Crippen LogP contribution in [-0.4, -0.2) is 56.8 Å². The number of rotatable bonds is 5. The van der Waals surface area contributed by atoms with Gasteiger partial charge < -0.3 is 9.47 Å². The van der Waals surface area contributed by atoms with Crippen molar-refractivity contribution in [3.05, 3.63) is 53.1 Å². The molecule has 154 valence electrons. The molecule has 0 saturated carbocycles. The Kier molecular flexibility index (Phi) is 5.21. The summed E-state index contributed by atoms with van der Waals surface area (Å²) >= 11 is 0. The van der Waals surface area contributed by atoms with Crippen LogP contribution < -0.4 is 0 Å². The van der Waals surface area contributed by atoms with Gasteiger partial charge in [0.1, 0.15) is 22.5 Å². The molecule has 1 amide bonds. The summed E-state index contributed by atoms with van der Waals surface area (Å²) < 4.78 is 33.4. The molecule has 0 aromatic heterocycles. The van der Waals surface area contributed by atoms with Crippen LogP contribution in [0.25, 0.3) is 5.57 Å². The van der Waals surface area contributed by atoms with E-state index in [4.69, 9.17) is 9.47 Å². The fourth-order valence-electron chi connectivity index (χ4n) is 4.19. The van der Waals surface area contributed by atoms with Crippen LogP contribution in [-0.2, 0) is 24.1 Å². The standard InChI is InChI=1S/C21H23NO6S/c1-29(25,26)11-10-19-20(23)28-13-22(19)21(24)27-12-18-16-8-4-2-6-14(16)15-7-3-5-9-17(15)18/h2,4-6,8-9,18-19H,3,7,10-13H2,1H3/t18?,19-/m0/s1. The fraction of sp³-hybridized carbons (Fsp3) is 0.429. The topological polar surface area (TPSA) is 90.0 Å². The number of carbonyl (C=O) groups excluding carboxylic acids is 2. The van der Waals surface area contributed by atoms with Crippen LogP contribution in [0, 0.1) is 0 Å². The number of carbonyl (C=O) groups is 2. The van der Waals surface area contributed by atoms with Gasteiger partial charge in [-0.1, -0.05) is 36.4 Å². The molecule has 4 rings (SSSR count). The highest BCUT2D eigenvalue weighted by molar-refractivity contribution is 7.90. The number of nitrogens with zero attached hydrogens (tertiary/aromatic N) is 1. The van der Waals surface area contributed by atoms with Crippen LogP contribution in [0.3, 0.4) is 0 Å². The summed E-state index contributed by atoms with van der Waals surface area (Å²) in [7, 11) is -3.26. The van der Waals surface area contributed by atoms with Gasteiger partial charge in [-0.2, -0.15) is 0 Å². The average Bonchev–Trinajstić information content (AvgIpc) is 3.22. The van der Waals surface area contributed by atoms with Crippen molar-refractivity contribution < 1.29 is 27.5 Å². The van der Waals surface area contributed by atoms with Crippen molar-refractivity contribution in [2.24, 2.45) is 0 Å². The van der Waals surface area contributed by atoms with Gasteiger partial charge in [-0.15, -0.1) is 0 Å². The minimum absolute atomic E-state index is 0.00291. The van der Waals surface area contributed by atoms with Crippen LogP contribution >= 0.6 is 0 Å². The molecule has 0 bridgehead atoms. The molecule has 1 saturated heterocycles. The molecule has 1 unspecified atom stereocenters. The monoisotopic (exact) mass is 417 g/mol. The van der Waals surface area contributed by atoms with E-state index in [1.54, 1.807) is 0 Å². The smallest absolute Gasteiger partial charge is 0.413 e. The quantitative estimate of drug-likeness (QED) is 0.684. The Balaban J connectivity index is 1.46. The molecule has 0 radical (unpaired) electrons. The van der Waals surface area contributed by atoms with E-state index < -0.39 is 27.9 Å². The predicted octanol–water partition coefficient (Wildman–Crippen LogP) is 2.64. The third kappa shape index (κ3) is 3.94. The van der Waals surface area contributed by atoms with Crippen molar-refractivity contribution in [3.63, 3.8) is 0 Å². The van der Waals surface area contributed by atoms with Gasteiger partial charge in [-0.05, 0) is 41.5 Å². The first-order valence-corrected chi connectivity index (χ1v) is 11.7. The van der Waals surface area contributed by atoms with Gasteiger partial charge in [0, 0.05) is 12.2 Å². The van der Waals surface area contributed by atoms with E-state index in [2.05, 4.69) is 24.3 Å². The number of esters is 1. The number of fused-ring (bicyclic) bond motifs is 2. The number of hydrogen-bond donors (Lipinski definition) is 0. The lowest BCUT2D eigenvalue weighted by Gasteiger charge is -2.22. The van der Waals surface area contributed by atoms with Gasteiger partial charge in [-0.25, -0.2) is 18.0 Å². The molecule has 0 N–H and O–H groups in total. The maximum Gasteiger partial charge on any atom is 0.413 e. The van der Waals surface area contributed by atoms with Crippen molar-refractivity contribution in [2.45, 2.75) is 31.2 Å². The summed E-state index contributed by atoms with van der Waals surface area (Å²) in [5.74, 6) is -0.847. The molecular weight excluding hydrogens is 394 g/mol. The zero-order valence-corrected chi connectivity index (χ0v) is 17.0. The Morgan fingerprint density at radius 2 is 2.10 bits per heavy atom. The van der Waals surface area contributed by atoms with Gasteiger partial charge in [0.25, 0.3) is 0 Å².